The van der Waals surface area contributed by atoms with Crippen LogP contribution in [0.2, 0.25) is 0 Å². The average Bonchev–Trinajstić information content (AvgIpc) is 2.95. The number of aromatic nitrogens is 1. The number of nitrogens with one attached hydrogen (secondary N) is 1. The van der Waals surface area contributed by atoms with Gasteiger partial charge >= 0.3 is 0 Å². The molecule has 1 aliphatic heterocycles. The van der Waals surface area contributed by atoms with Crippen LogP contribution in [-0.2, 0) is 13.8 Å². The third-order valence-corrected chi connectivity index (χ3v) is 4.48. The lowest BCUT2D eigenvalue weighted by molar-refractivity contribution is 0.0919. The van der Waals surface area contributed by atoms with Gasteiger partial charge in [0.2, 0.25) is 0 Å². The molecule has 1 N–H and O–H groups in total. The third-order valence-electron chi connectivity index (χ3n) is 3.16. The normalized spacial score (nSPS) is 19.5. The highest BCUT2D eigenvalue weighted by Gasteiger charge is 2.24. The first-order chi connectivity index (χ1) is 9.29. The van der Waals surface area contributed by atoms with E-state index in [1.165, 1.54) is 12.3 Å². The Bertz CT molecular complexity index is 603. The van der Waals surface area contributed by atoms with Crippen molar-refractivity contribution in [2.24, 2.45) is 0 Å². The fourth-order valence-electron chi connectivity index (χ4n) is 2.10. The summed E-state index contributed by atoms with van der Waals surface area (Å²) in [5, 5.41) is 2.83. The van der Waals surface area contributed by atoms with E-state index in [1.807, 2.05) is 13.8 Å². The number of rotatable bonds is 4. The first kappa shape index (κ1) is 15.3. The highest BCUT2D eigenvalue weighted by Crippen LogP contribution is 2.22. The number of carbonyl (C=O) groups excluding carboxylic acids is 1. The second-order valence-electron chi connectivity index (χ2n) is 5.03. The van der Waals surface area contributed by atoms with Gasteiger partial charge in [-0.25, -0.2) is 8.42 Å². The zero-order valence-electron chi connectivity index (χ0n) is 11.3. The Balaban J connectivity index is 2.29. The van der Waals surface area contributed by atoms with E-state index < -0.39 is 9.05 Å². The second kappa shape index (κ2) is 5.75. The Hall–Kier alpha value is -1.05. The number of hydrogen-bond acceptors (Lipinski definition) is 4. The van der Waals surface area contributed by atoms with Crippen LogP contribution < -0.4 is 5.32 Å². The zero-order valence-corrected chi connectivity index (χ0v) is 12.9. The Morgan fingerprint density at radius 3 is 2.75 bits per heavy atom. The van der Waals surface area contributed by atoms with Crippen LogP contribution in [0.5, 0.6) is 0 Å². The minimum absolute atomic E-state index is 0.0333. The van der Waals surface area contributed by atoms with Crippen molar-refractivity contribution in [1.82, 2.24) is 9.88 Å². The van der Waals surface area contributed by atoms with E-state index in [9.17, 15) is 13.2 Å². The van der Waals surface area contributed by atoms with E-state index in [0.29, 0.717) is 13.2 Å². The van der Waals surface area contributed by atoms with Gasteiger partial charge in [-0.2, -0.15) is 0 Å². The molecule has 0 aromatic carbocycles. The number of nitrogens with zero attached hydrogens (tertiary/aromatic N) is 1. The molecule has 0 radical (unpaired) electrons. The first-order valence-corrected chi connectivity index (χ1v) is 8.65. The maximum Gasteiger partial charge on any atom is 0.268 e. The molecule has 112 valence electrons. The SMILES string of the molecule is CC(C)n1cc(S(=O)(=O)Cl)cc1C(=O)NC1CCOC1. The minimum Gasteiger partial charge on any atom is -0.379 e. The van der Waals surface area contributed by atoms with E-state index in [2.05, 4.69) is 5.32 Å². The molecule has 2 rings (SSSR count). The van der Waals surface area contributed by atoms with Crippen molar-refractivity contribution < 1.29 is 17.9 Å². The van der Waals surface area contributed by atoms with Gasteiger partial charge in [-0.05, 0) is 26.3 Å². The Kier molecular flexibility index (Phi) is 4.41. The summed E-state index contributed by atoms with van der Waals surface area (Å²) in [5.41, 5.74) is 0.283. The molecule has 1 aromatic heterocycles. The topological polar surface area (TPSA) is 77.4 Å². The molecule has 1 aromatic rings. The molecule has 6 nitrogen and oxygen atoms in total. The molecule has 1 fully saturated rings. The summed E-state index contributed by atoms with van der Waals surface area (Å²) in [6.07, 6.45) is 2.14. The molecule has 1 amide bonds. The smallest absolute Gasteiger partial charge is 0.268 e. The van der Waals surface area contributed by atoms with Crippen LogP contribution in [0.25, 0.3) is 0 Å². The summed E-state index contributed by atoms with van der Waals surface area (Å²) in [6.45, 7) is 4.83. The Morgan fingerprint density at radius 1 is 1.55 bits per heavy atom. The zero-order chi connectivity index (χ0) is 14.9. The maximum absolute atomic E-state index is 12.2. The summed E-state index contributed by atoms with van der Waals surface area (Å²) >= 11 is 0. The minimum atomic E-state index is -3.85. The van der Waals surface area contributed by atoms with Crippen molar-refractivity contribution in [3.8, 4) is 0 Å². The molecule has 2 heterocycles. The van der Waals surface area contributed by atoms with Gasteiger partial charge in [0, 0.05) is 29.5 Å². The van der Waals surface area contributed by atoms with Gasteiger partial charge in [-0.3, -0.25) is 4.79 Å². The monoisotopic (exact) mass is 320 g/mol. The summed E-state index contributed by atoms with van der Waals surface area (Å²) in [7, 11) is 1.48. The first-order valence-electron chi connectivity index (χ1n) is 6.34. The van der Waals surface area contributed by atoms with Gasteiger partial charge in [-0.1, -0.05) is 0 Å². The van der Waals surface area contributed by atoms with Crippen molar-refractivity contribution in [2.75, 3.05) is 13.2 Å². The quantitative estimate of drug-likeness (QED) is 0.853. The number of carbonyl (C=O) groups is 1. The fourth-order valence-corrected chi connectivity index (χ4v) is 2.85. The van der Waals surface area contributed by atoms with Crippen molar-refractivity contribution in [2.45, 2.75) is 37.2 Å². The highest BCUT2D eigenvalue weighted by atomic mass is 35.7. The van der Waals surface area contributed by atoms with Gasteiger partial charge in [0.1, 0.15) is 10.6 Å². The molecule has 0 spiro atoms. The van der Waals surface area contributed by atoms with Crippen LogP contribution in [-0.4, -0.2) is 38.1 Å². The van der Waals surface area contributed by atoms with Crippen LogP contribution in [0.1, 0.15) is 36.8 Å². The molecule has 1 aliphatic rings. The van der Waals surface area contributed by atoms with Gasteiger partial charge in [0.05, 0.1) is 12.6 Å². The summed E-state index contributed by atoms with van der Waals surface area (Å²) in [6, 6.07) is 1.21. The Labute approximate surface area is 122 Å². The van der Waals surface area contributed by atoms with Gasteiger partial charge in [0.15, 0.2) is 0 Å². The summed E-state index contributed by atoms with van der Waals surface area (Å²) in [4.78, 5) is 12.2. The van der Waals surface area contributed by atoms with Crippen molar-refractivity contribution in [3.05, 3.63) is 18.0 Å². The molecule has 1 saturated heterocycles. The summed E-state index contributed by atoms with van der Waals surface area (Å²) < 4.78 is 29.6. The second-order valence-corrected chi connectivity index (χ2v) is 7.60. The van der Waals surface area contributed by atoms with E-state index in [-0.39, 0.29) is 28.6 Å². The van der Waals surface area contributed by atoms with Crippen LogP contribution in [0.3, 0.4) is 0 Å². The predicted octanol–water partition coefficient (Wildman–Crippen LogP) is 1.52. The van der Waals surface area contributed by atoms with Gasteiger partial charge in [0.25, 0.3) is 15.0 Å². The fraction of sp³-hybridized carbons (Fsp3) is 0.583. The van der Waals surface area contributed by atoms with E-state index in [0.717, 1.165) is 6.42 Å². The molecule has 1 unspecified atom stereocenters. The highest BCUT2D eigenvalue weighted by molar-refractivity contribution is 8.13. The molecular weight excluding hydrogens is 304 g/mol. The predicted molar refractivity (Wildman–Crippen MR) is 74.5 cm³/mol. The van der Waals surface area contributed by atoms with Crippen molar-refractivity contribution in [3.63, 3.8) is 0 Å². The largest absolute Gasteiger partial charge is 0.379 e. The van der Waals surface area contributed by atoms with Gasteiger partial charge in [-0.15, -0.1) is 0 Å². The van der Waals surface area contributed by atoms with E-state index in [1.54, 1.807) is 4.57 Å². The van der Waals surface area contributed by atoms with E-state index in [4.69, 9.17) is 15.4 Å². The molecule has 8 heteroatoms. The van der Waals surface area contributed by atoms with Crippen LogP contribution in [0.4, 0.5) is 0 Å². The van der Waals surface area contributed by atoms with Crippen LogP contribution >= 0.6 is 10.7 Å². The van der Waals surface area contributed by atoms with Crippen molar-refractivity contribution in [1.29, 1.82) is 0 Å². The van der Waals surface area contributed by atoms with Crippen LogP contribution in [0, 0.1) is 0 Å². The standard InChI is InChI=1S/C12H17ClN2O4S/c1-8(2)15-6-10(20(13,17)18)5-11(15)12(16)14-9-3-4-19-7-9/h5-6,8-9H,3-4,7H2,1-2H3,(H,14,16). The number of amides is 1. The molecule has 1 atom stereocenters. The lowest BCUT2D eigenvalue weighted by Gasteiger charge is -2.15. The molecule has 20 heavy (non-hydrogen) atoms. The third kappa shape index (κ3) is 3.34. The molecule has 0 aliphatic carbocycles. The summed E-state index contributed by atoms with van der Waals surface area (Å²) in [5.74, 6) is -0.319. The van der Waals surface area contributed by atoms with Gasteiger partial charge < -0.3 is 14.6 Å². The van der Waals surface area contributed by atoms with E-state index >= 15 is 0 Å². The number of hydrogen-bond donors (Lipinski definition) is 1. The van der Waals surface area contributed by atoms with Crippen molar-refractivity contribution >= 4 is 25.6 Å². The Morgan fingerprint density at radius 2 is 2.25 bits per heavy atom. The molecule has 0 bridgehead atoms. The number of halogens is 1. The molecule has 0 saturated carbocycles. The average molecular weight is 321 g/mol. The maximum atomic E-state index is 12.2. The van der Waals surface area contributed by atoms with Crippen LogP contribution in [0.15, 0.2) is 17.2 Å². The lowest BCUT2D eigenvalue weighted by atomic mass is 10.2. The number of ether oxygens (including phenoxy) is 1. The lowest BCUT2D eigenvalue weighted by Crippen LogP contribution is -2.36. The molecular formula is C12H17ClN2O4S.